The van der Waals surface area contributed by atoms with Crippen molar-refractivity contribution in [2.45, 2.75) is 0 Å². The Labute approximate surface area is 258 Å². The van der Waals surface area contributed by atoms with Crippen molar-refractivity contribution in [3.05, 3.63) is 152 Å². The van der Waals surface area contributed by atoms with Crippen molar-refractivity contribution >= 4 is 65.7 Å². The maximum atomic E-state index is 6.29. The molecule has 3 aromatic heterocycles. The number of rotatable bonds is 3. The van der Waals surface area contributed by atoms with Crippen LogP contribution >= 0.6 is 0 Å². The summed E-state index contributed by atoms with van der Waals surface area (Å²) in [5.41, 5.74) is 11.8. The van der Waals surface area contributed by atoms with Crippen molar-refractivity contribution in [1.29, 1.82) is 0 Å². The predicted molar refractivity (Wildman–Crippen MR) is 186 cm³/mol. The molecular formula is C42H25NO2. The van der Waals surface area contributed by atoms with Gasteiger partial charge in [0.05, 0.1) is 11.0 Å². The van der Waals surface area contributed by atoms with E-state index in [1.807, 2.05) is 18.2 Å². The number of nitrogens with zero attached hydrogens (tertiary/aromatic N) is 1. The van der Waals surface area contributed by atoms with E-state index < -0.39 is 0 Å². The third-order valence-electron chi connectivity index (χ3n) is 9.21. The van der Waals surface area contributed by atoms with E-state index in [1.54, 1.807) is 0 Å². The Hall–Kier alpha value is -6.06. The van der Waals surface area contributed by atoms with Gasteiger partial charge in [-0.3, -0.25) is 0 Å². The van der Waals surface area contributed by atoms with Crippen LogP contribution in [0.25, 0.3) is 93.6 Å². The van der Waals surface area contributed by atoms with Crippen LogP contribution in [0.3, 0.4) is 0 Å². The van der Waals surface area contributed by atoms with Crippen LogP contribution in [0.4, 0.5) is 0 Å². The molecule has 7 aromatic carbocycles. The van der Waals surface area contributed by atoms with Crippen molar-refractivity contribution in [2.24, 2.45) is 0 Å². The number of hydrogen-bond acceptors (Lipinski definition) is 2. The summed E-state index contributed by atoms with van der Waals surface area (Å²) in [6, 6.07) is 53.7. The molecule has 3 heteroatoms. The highest BCUT2D eigenvalue weighted by atomic mass is 16.3. The summed E-state index contributed by atoms with van der Waals surface area (Å²) >= 11 is 0. The summed E-state index contributed by atoms with van der Waals surface area (Å²) in [7, 11) is 0. The maximum Gasteiger partial charge on any atom is 0.137 e. The molecule has 0 fully saturated rings. The van der Waals surface area contributed by atoms with Gasteiger partial charge in [-0.15, -0.1) is 0 Å². The topological polar surface area (TPSA) is 31.2 Å². The lowest BCUT2D eigenvalue weighted by molar-refractivity contribution is 0.668. The summed E-state index contributed by atoms with van der Waals surface area (Å²) in [5, 5.41) is 7.01. The van der Waals surface area contributed by atoms with E-state index >= 15 is 0 Å². The van der Waals surface area contributed by atoms with Crippen LogP contribution in [0, 0.1) is 0 Å². The second-order valence-electron chi connectivity index (χ2n) is 11.8. The zero-order valence-corrected chi connectivity index (χ0v) is 24.2. The fraction of sp³-hybridized carbons (Fsp3) is 0. The largest absolute Gasteiger partial charge is 0.456 e. The Morgan fingerprint density at radius 2 is 0.867 bits per heavy atom. The smallest absolute Gasteiger partial charge is 0.137 e. The van der Waals surface area contributed by atoms with Crippen LogP contribution in [-0.4, -0.2) is 4.57 Å². The normalized spacial score (nSPS) is 12.0. The monoisotopic (exact) mass is 575 g/mol. The average molecular weight is 576 g/mol. The van der Waals surface area contributed by atoms with Crippen LogP contribution in [0.2, 0.25) is 0 Å². The van der Waals surface area contributed by atoms with Gasteiger partial charge in [-0.05, 0) is 76.9 Å². The number of benzene rings is 7. The van der Waals surface area contributed by atoms with E-state index in [0.29, 0.717) is 0 Å². The van der Waals surface area contributed by atoms with Crippen LogP contribution in [0.15, 0.2) is 160 Å². The quantitative estimate of drug-likeness (QED) is 0.210. The first-order chi connectivity index (χ1) is 22.3. The molecule has 0 bridgehead atoms. The lowest BCUT2D eigenvalue weighted by Gasteiger charge is -2.09. The second-order valence-corrected chi connectivity index (χ2v) is 11.8. The first-order valence-electron chi connectivity index (χ1n) is 15.3. The van der Waals surface area contributed by atoms with Gasteiger partial charge in [0.1, 0.15) is 22.3 Å². The van der Waals surface area contributed by atoms with Crippen LogP contribution in [-0.2, 0) is 0 Å². The molecule has 10 rings (SSSR count). The number of fused-ring (bicyclic) bond motifs is 9. The van der Waals surface area contributed by atoms with Crippen LogP contribution < -0.4 is 0 Å². The van der Waals surface area contributed by atoms with E-state index in [9.17, 15) is 0 Å². The molecule has 45 heavy (non-hydrogen) atoms. The molecule has 0 saturated heterocycles. The lowest BCUT2D eigenvalue weighted by atomic mass is 10.00. The minimum Gasteiger partial charge on any atom is -0.456 e. The zero-order valence-electron chi connectivity index (χ0n) is 24.2. The fourth-order valence-electron chi connectivity index (χ4n) is 7.04. The third kappa shape index (κ3) is 3.65. The molecule has 0 saturated carbocycles. The predicted octanol–water partition coefficient (Wildman–Crippen LogP) is 11.9. The first kappa shape index (κ1) is 24.4. The molecule has 0 unspecified atom stereocenters. The van der Waals surface area contributed by atoms with Crippen LogP contribution in [0.1, 0.15) is 0 Å². The summed E-state index contributed by atoms with van der Waals surface area (Å²) in [6.07, 6.45) is 0. The molecule has 10 aromatic rings. The van der Waals surface area contributed by atoms with Gasteiger partial charge in [-0.2, -0.15) is 0 Å². The Morgan fingerprint density at radius 1 is 0.311 bits per heavy atom. The van der Waals surface area contributed by atoms with E-state index in [2.05, 4.69) is 138 Å². The van der Waals surface area contributed by atoms with Gasteiger partial charge in [-0.25, -0.2) is 0 Å². The van der Waals surface area contributed by atoms with Gasteiger partial charge >= 0.3 is 0 Å². The summed E-state index contributed by atoms with van der Waals surface area (Å²) in [6.45, 7) is 0. The van der Waals surface area contributed by atoms with Crippen LogP contribution in [0.5, 0.6) is 0 Å². The van der Waals surface area contributed by atoms with Crippen molar-refractivity contribution in [2.75, 3.05) is 0 Å². The highest BCUT2D eigenvalue weighted by Crippen LogP contribution is 2.39. The maximum absolute atomic E-state index is 6.29. The zero-order chi connectivity index (χ0) is 29.5. The van der Waals surface area contributed by atoms with Crippen molar-refractivity contribution in [1.82, 2.24) is 4.57 Å². The third-order valence-corrected chi connectivity index (χ3v) is 9.21. The Kier molecular flexibility index (Phi) is 5.00. The first-order valence-corrected chi connectivity index (χ1v) is 15.3. The number of hydrogen-bond donors (Lipinski definition) is 0. The molecule has 210 valence electrons. The SMILES string of the molecule is c1ccc(-c2ccc3oc4ccc(-c5ccc(-n6c7ccccc7c7cc8c(cc76)oc6ccccc68)cc5)cc4c3c2)cc1. The molecule has 0 radical (unpaired) electrons. The number of para-hydroxylation sites is 2. The van der Waals surface area contributed by atoms with Gasteiger partial charge in [-0.1, -0.05) is 91.0 Å². The molecule has 0 aliphatic carbocycles. The Balaban J connectivity index is 1.10. The van der Waals surface area contributed by atoms with Gasteiger partial charge in [0.15, 0.2) is 0 Å². The van der Waals surface area contributed by atoms with Crippen molar-refractivity contribution in [3.63, 3.8) is 0 Å². The van der Waals surface area contributed by atoms with E-state index in [1.165, 1.54) is 27.4 Å². The summed E-state index contributed by atoms with van der Waals surface area (Å²) in [5.74, 6) is 0. The van der Waals surface area contributed by atoms with Gasteiger partial charge in [0.25, 0.3) is 0 Å². The Bertz CT molecular complexity index is 2740. The van der Waals surface area contributed by atoms with Crippen molar-refractivity contribution < 1.29 is 8.83 Å². The van der Waals surface area contributed by atoms with E-state index in [4.69, 9.17) is 8.83 Å². The minimum absolute atomic E-state index is 0.901. The van der Waals surface area contributed by atoms with Crippen molar-refractivity contribution in [3.8, 4) is 27.9 Å². The highest BCUT2D eigenvalue weighted by molar-refractivity contribution is 6.17. The van der Waals surface area contributed by atoms with E-state index in [-0.39, 0.29) is 0 Å². The fourth-order valence-corrected chi connectivity index (χ4v) is 7.04. The summed E-state index contributed by atoms with van der Waals surface area (Å²) < 4.78 is 14.9. The number of furan rings is 2. The van der Waals surface area contributed by atoms with Gasteiger partial charge in [0.2, 0.25) is 0 Å². The molecule has 0 aliphatic heterocycles. The minimum atomic E-state index is 0.901. The number of aromatic nitrogens is 1. The van der Waals surface area contributed by atoms with Gasteiger partial charge < -0.3 is 13.4 Å². The van der Waals surface area contributed by atoms with Gasteiger partial charge in [0, 0.05) is 44.1 Å². The molecule has 0 atom stereocenters. The molecule has 0 aliphatic rings. The molecule has 3 heterocycles. The highest BCUT2D eigenvalue weighted by Gasteiger charge is 2.16. The summed E-state index contributed by atoms with van der Waals surface area (Å²) in [4.78, 5) is 0. The molecule has 0 amide bonds. The molecule has 3 nitrogen and oxygen atoms in total. The van der Waals surface area contributed by atoms with E-state index in [0.717, 1.165) is 66.2 Å². The standard InChI is InChI=1S/C42H25NO2/c1-2-8-26(9-3-1)28-16-20-40-34(22-28)35-23-29(17-21-41(35)44-40)27-14-18-30(19-15-27)43-37-12-6-4-10-31(37)33-24-36-32-11-5-7-13-39(32)45-42(36)25-38(33)43/h1-25H. The molecule has 0 spiro atoms. The average Bonchev–Trinajstić information content (AvgIpc) is 3.76. The Morgan fingerprint density at radius 3 is 1.62 bits per heavy atom. The molecular weight excluding hydrogens is 550 g/mol. The molecule has 0 N–H and O–H groups in total. The second kappa shape index (κ2) is 9.22. The lowest BCUT2D eigenvalue weighted by Crippen LogP contribution is -1.93.